The van der Waals surface area contributed by atoms with Crippen LogP contribution in [-0.2, 0) is 13.1 Å². The van der Waals surface area contributed by atoms with Crippen LogP contribution >= 0.6 is 11.3 Å². The van der Waals surface area contributed by atoms with Gasteiger partial charge < -0.3 is 0 Å². The maximum atomic E-state index is 4.26. The fraction of sp³-hybridized carbons (Fsp3) is 0.556. The van der Waals surface area contributed by atoms with Crippen LogP contribution in [0.1, 0.15) is 35.3 Å². The molecule has 0 spiro atoms. The maximum Gasteiger partial charge on any atom is 0.131 e. The molecule has 1 aliphatic rings. The molecule has 2 atom stereocenters. The minimum Gasteiger partial charge on any atom is -0.297 e. The Morgan fingerprint density at radius 1 is 1.26 bits per heavy atom. The van der Waals surface area contributed by atoms with E-state index < -0.39 is 0 Å². The third-order valence-corrected chi connectivity index (χ3v) is 5.61. The van der Waals surface area contributed by atoms with Crippen LogP contribution in [0.15, 0.2) is 30.3 Å². The predicted molar refractivity (Wildman–Crippen MR) is 95.4 cm³/mol. The second kappa shape index (κ2) is 7.51. The van der Waals surface area contributed by atoms with Crippen LogP contribution in [-0.4, -0.2) is 45.7 Å². The van der Waals surface area contributed by atoms with Gasteiger partial charge in [0.1, 0.15) is 10.0 Å². The lowest BCUT2D eigenvalue weighted by atomic mass is 9.96. The quantitative estimate of drug-likeness (QED) is 0.842. The SMILES string of the molecule is Cc1nnc(CN(C)C2CCN(Cc3ccccc3)C(C)C2)s1. The fourth-order valence-electron chi connectivity index (χ4n) is 3.39. The molecule has 23 heavy (non-hydrogen) atoms. The van der Waals surface area contributed by atoms with Crippen molar-refractivity contribution in [3.63, 3.8) is 0 Å². The molecule has 1 aromatic carbocycles. The van der Waals surface area contributed by atoms with E-state index in [0.29, 0.717) is 12.1 Å². The summed E-state index contributed by atoms with van der Waals surface area (Å²) in [6, 6.07) is 12.1. The van der Waals surface area contributed by atoms with Crippen molar-refractivity contribution >= 4 is 11.3 Å². The molecule has 0 N–H and O–H groups in total. The van der Waals surface area contributed by atoms with E-state index in [1.807, 2.05) is 6.92 Å². The van der Waals surface area contributed by atoms with Crippen molar-refractivity contribution in [2.45, 2.75) is 51.9 Å². The molecule has 0 amide bonds. The summed E-state index contributed by atoms with van der Waals surface area (Å²) >= 11 is 1.71. The third kappa shape index (κ3) is 4.37. The predicted octanol–water partition coefficient (Wildman–Crippen LogP) is 3.33. The summed E-state index contributed by atoms with van der Waals surface area (Å²) < 4.78 is 0. The van der Waals surface area contributed by atoms with Gasteiger partial charge >= 0.3 is 0 Å². The second-order valence-corrected chi connectivity index (χ2v) is 7.88. The van der Waals surface area contributed by atoms with Crippen molar-refractivity contribution in [2.24, 2.45) is 0 Å². The first-order valence-corrected chi connectivity index (χ1v) is 9.20. The molecule has 3 rings (SSSR count). The third-order valence-electron chi connectivity index (χ3n) is 4.79. The molecule has 0 saturated carbocycles. The van der Waals surface area contributed by atoms with Crippen molar-refractivity contribution in [3.8, 4) is 0 Å². The summed E-state index contributed by atoms with van der Waals surface area (Å²) in [6.07, 6.45) is 2.45. The molecule has 124 valence electrons. The maximum absolute atomic E-state index is 4.26. The zero-order chi connectivity index (χ0) is 16.2. The standard InChI is InChI=1S/C18H26N4S/c1-14-11-17(21(3)13-18-20-19-15(2)23-18)9-10-22(14)12-16-7-5-4-6-8-16/h4-8,14,17H,9-13H2,1-3H3. The van der Waals surface area contributed by atoms with Gasteiger partial charge in [-0.05, 0) is 39.3 Å². The van der Waals surface area contributed by atoms with E-state index in [4.69, 9.17) is 0 Å². The Morgan fingerprint density at radius 2 is 2.04 bits per heavy atom. The number of hydrogen-bond donors (Lipinski definition) is 0. The smallest absolute Gasteiger partial charge is 0.131 e. The van der Waals surface area contributed by atoms with Gasteiger partial charge in [-0.2, -0.15) is 0 Å². The van der Waals surface area contributed by atoms with Crippen LogP contribution in [0.3, 0.4) is 0 Å². The van der Waals surface area contributed by atoms with Gasteiger partial charge in [0.2, 0.25) is 0 Å². The van der Waals surface area contributed by atoms with Crippen LogP contribution in [0.2, 0.25) is 0 Å². The molecule has 2 heterocycles. The van der Waals surface area contributed by atoms with Gasteiger partial charge in [0.15, 0.2) is 0 Å². The molecule has 4 nitrogen and oxygen atoms in total. The molecule has 0 bridgehead atoms. The average molecular weight is 331 g/mol. The first-order valence-electron chi connectivity index (χ1n) is 8.39. The largest absolute Gasteiger partial charge is 0.297 e. The molecule has 1 saturated heterocycles. The fourth-order valence-corrected chi connectivity index (χ4v) is 4.17. The van der Waals surface area contributed by atoms with Crippen molar-refractivity contribution in [1.82, 2.24) is 20.0 Å². The number of nitrogens with zero attached hydrogens (tertiary/aromatic N) is 4. The zero-order valence-corrected chi connectivity index (χ0v) is 15.1. The Hall–Kier alpha value is -1.30. The highest BCUT2D eigenvalue weighted by atomic mass is 32.1. The topological polar surface area (TPSA) is 32.3 Å². The van der Waals surface area contributed by atoms with Crippen LogP contribution in [0, 0.1) is 6.92 Å². The number of piperidine rings is 1. The second-order valence-electron chi connectivity index (χ2n) is 6.61. The van der Waals surface area contributed by atoms with Gasteiger partial charge in [-0.25, -0.2) is 0 Å². The molecule has 0 aliphatic carbocycles. The van der Waals surface area contributed by atoms with Gasteiger partial charge in [-0.3, -0.25) is 9.80 Å². The van der Waals surface area contributed by atoms with Crippen molar-refractivity contribution in [2.75, 3.05) is 13.6 Å². The number of hydrogen-bond acceptors (Lipinski definition) is 5. The Morgan fingerprint density at radius 3 is 2.70 bits per heavy atom. The first-order chi connectivity index (χ1) is 11.1. The van der Waals surface area contributed by atoms with Gasteiger partial charge in [-0.1, -0.05) is 30.3 Å². The number of rotatable bonds is 5. The first kappa shape index (κ1) is 16.6. The molecule has 2 unspecified atom stereocenters. The van der Waals surface area contributed by atoms with E-state index in [1.165, 1.54) is 24.9 Å². The lowest BCUT2D eigenvalue weighted by Crippen LogP contribution is -2.47. The molecule has 0 radical (unpaired) electrons. The van der Waals surface area contributed by atoms with Gasteiger partial charge in [-0.15, -0.1) is 21.5 Å². The number of aromatic nitrogens is 2. The molecular weight excluding hydrogens is 304 g/mol. The Kier molecular flexibility index (Phi) is 5.41. The lowest BCUT2D eigenvalue weighted by molar-refractivity contribution is 0.0770. The van der Waals surface area contributed by atoms with E-state index in [0.717, 1.165) is 23.1 Å². The van der Waals surface area contributed by atoms with E-state index in [9.17, 15) is 0 Å². The highest BCUT2D eigenvalue weighted by molar-refractivity contribution is 7.11. The van der Waals surface area contributed by atoms with E-state index >= 15 is 0 Å². The van der Waals surface area contributed by atoms with Crippen molar-refractivity contribution in [3.05, 3.63) is 45.9 Å². The summed E-state index contributed by atoms with van der Waals surface area (Å²) in [5.74, 6) is 0. The monoisotopic (exact) mass is 330 g/mol. The number of benzene rings is 1. The molecule has 1 fully saturated rings. The lowest BCUT2D eigenvalue weighted by Gasteiger charge is -2.41. The highest BCUT2D eigenvalue weighted by Gasteiger charge is 2.28. The molecule has 5 heteroatoms. The van der Waals surface area contributed by atoms with Crippen LogP contribution in [0.5, 0.6) is 0 Å². The summed E-state index contributed by atoms with van der Waals surface area (Å²) in [6.45, 7) is 7.53. The van der Waals surface area contributed by atoms with Gasteiger partial charge in [0.05, 0.1) is 6.54 Å². The summed E-state index contributed by atoms with van der Waals surface area (Å²) in [5, 5.41) is 10.6. The molecule has 2 aromatic rings. The van der Waals surface area contributed by atoms with E-state index in [1.54, 1.807) is 11.3 Å². The van der Waals surface area contributed by atoms with Gasteiger partial charge in [0.25, 0.3) is 0 Å². The van der Waals surface area contributed by atoms with Crippen LogP contribution in [0.4, 0.5) is 0 Å². The Labute approximate surface area is 143 Å². The summed E-state index contributed by atoms with van der Waals surface area (Å²) in [4.78, 5) is 5.06. The van der Waals surface area contributed by atoms with Crippen LogP contribution in [0.25, 0.3) is 0 Å². The Balaban J connectivity index is 1.53. The van der Waals surface area contributed by atoms with Crippen molar-refractivity contribution < 1.29 is 0 Å². The molecule has 1 aliphatic heterocycles. The highest BCUT2D eigenvalue weighted by Crippen LogP contribution is 2.24. The molecular formula is C18H26N4S. The normalized spacial score (nSPS) is 22.6. The van der Waals surface area contributed by atoms with E-state index in [2.05, 4.69) is 64.3 Å². The van der Waals surface area contributed by atoms with E-state index in [-0.39, 0.29) is 0 Å². The van der Waals surface area contributed by atoms with Crippen LogP contribution < -0.4 is 0 Å². The zero-order valence-electron chi connectivity index (χ0n) is 14.3. The molecule has 1 aromatic heterocycles. The minimum atomic E-state index is 0.618. The average Bonchev–Trinajstić information content (AvgIpc) is 2.95. The minimum absolute atomic E-state index is 0.618. The van der Waals surface area contributed by atoms with Crippen molar-refractivity contribution in [1.29, 1.82) is 0 Å². The number of likely N-dealkylation sites (tertiary alicyclic amines) is 1. The summed E-state index contributed by atoms with van der Waals surface area (Å²) in [7, 11) is 2.22. The number of aryl methyl sites for hydroxylation is 1. The van der Waals surface area contributed by atoms with Gasteiger partial charge in [0, 0.05) is 25.2 Å². The Bertz CT molecular complexity index is 612. The summed E-state index contributed by atoms with van der Waals surface area (Å²) in [5.41, 5.74) is 1.41.